The second-order valence-corrected chi connectivity index (χ2v) is 3.15. The molecule has 0 aromatic carbocycles. The van der Waals surface area contributed by atoms with Gasteiger partial charge in [0.15, 0.2) is 3.95 Å². The molecule has 9 heavy (non-hydrogen) atoms. The molecular formula is C4H4ClNOS2. The molecule has 1 heterocycles. The lowest BCUT2D eigenvalue weighted by atomic mass is 10.8. The molecule has 0 unspecified atom stereocenters. The zero-order valence-electron chi connectivity index (χ0n) is 4.37. The molecule has 0 atom stereocenters. The van der Waals surface area contributed by atoms with Crippen LogP contribution in [0.1, 0.15) is 0 Å². The van der Waals surface area contributed by atoms with Crippen LogP contribution in [0, 0.1) is 3.95 Å². The smallest absolute Gasteiger partial charge is 0.204 e. The van der Waals surface area contributed by atoms with Gasteiger partial charge in [-0.15, -0.1) is 22.9 Å². The maximum atomic E-state index is 8.95. The molecule has 0 amide bonds. The van der Waals surface area contributed by atoms with Gasteiger partial charge in [0.2, 0.25) is 5.88 Å². The molecule has 2 nitrogen and oxygen atoms in total. The molecule has 5 heteroatoms. The van der Waals surface area contributed by atoms with Gasteiger partial charge in [0.25, 0.3) is 0 Å². The van der Waals surface area contributed by atoms with Crippen LogP contribution in [0.2, 0.25) is 0 Å². The SMILES string of the molecule is Oc1csc(=S)n1CCl. The molecule has 1 N–H and O–H groups in total. The number of hydrogen-bond acceptors (Lipinski definition) is 3. The first-order chi connectivity index (χ1) is 4.25. The van der Waals surface area contributed by atoms with Crippen molar-refractivity contribution in [2.24, 2.45) is 0 Å². The zero-order chi connectivity index (χ0) is 6.85. The molecule has 0 aliphatic rings. The fourth-order valence-electron chi connectivity index (χ4n) is 0.434. The summed E-state index contributed by atoms with van der Waals surface area (Å²) in [6.45, 7) is 0. The summed E-state index contributed by atoms with van der Waals surface area (Å²) in [4.78, 5) is 0. The summed E-state index contributed by atoms with van der Waals surface area (Å²) in [6.07, 6.45) is 0. The fourth-order valence-corrected chi connectivity index (χ4v) is 1.74. The summed E-state index contributed by atoms with van der Waals surface area (Å²) in [5, 5.41) is 10.5. The minimum Gasteiger partial charge on any atom is -0.494 e. The maximum absolute atomic E-state index is 8.95. The minimum atomic E-state index is 0.139. The highest BCUT2D eigenvalue weighted by Crippen LogP contribution is 2.16. The Morgan fingerprint density at radius 2 is 2.56 bits per heavy atom. The number of hydrogen-bond donors (Lipinski definition) is 1. The van der Waals surface area contributed by atoms with Crippen molar-refractivity contribution in [3.8, 4) is 5.88 Å². The molecule has 0 saturated carbocycles. The van der Waals surface area contributed by atoms with Crippen molar-refractivity contribution < 1.29 is 5.11 Å². The molecule has 0 radical (unpaired) electrons. The van der Waals surface area contributed by atoms with E-state index < -0.39 is 0 Å². The van der Waals surface area contributed by atoms with Crippen molar-refractivity contribution in [1.29, 1.82) is 0 Å². The summed E-state index contributed by atoms with van der Waals surface area (Å²) in [7, 11) is 0. The monoisotopic (exact) mass is 181 g/mol. The van der Waals surface area contributed by atoms with Crippen LogP contribution in [-0.2, 0) is 6.00 Å². The minimum absolute atomic E-state index is 0.139. The van der Waals surface area contributed by atoms with Crippen LogP contribution in [0.4, 0.5) is 0 Å². The van der Waals surface area contributed by atoms with Gasteiger partial charge in [0.05, 0.1) is 5.38 Å². The zero-order valence-corrected chi connectivity index (χ0v) is 6.76. The van der Waals surface area contributed by atoms with Gasteiger partial charge >= 0.3 is 0 Å². The van der Waals surface area contributed by atoms with Crippen LogP contribution < -0.4 is 0 Å². The Balaban J connectivity index is 3.23. The molecule has 0 fully saturated rings. The number of nitrogens with zero attached hydrogens (tertiary/aromatic N) is 1. The van der Waals surface area contributed by atoms with Gasteiger partial charge in [-0.2, -0.15) is 0 Å². The lowest BCUT2D eigenvalue weighted by molar-refractivity contribution is 0.429. The van der Waals surface area contributed by atoms with E-state index in [1.165, 1.54) is 15.9 Å². The second kappa shape index (κ2) is 2.68. The standard InChI is InChI=1S/C4H4ClNOS2/c5-2-6-3(7)1-9-4(6)8/h1,7H,2H2. The van der Waals surface area contributed by atoms with Crippen LogP contribution >= 0.6 is 35.2 Å². The average molecular weight is 182 g/mol. The van der Waals surface area contributed by atoms with Crippen LogP contribution in [0.15, 0.2) is 5.38 Å². The largest absolute Gasteiger partial charge is 0.494 e. The van der Waals surface area contributed by atoms with E-state index in [4.69, 9.17) is 28.9 Å². The highest BCUT2D eigenvalue weighted by atomic mass is 35.5. The van der Waals surface area contributed by atoms with Gasteiger partial charge in [-0.05, 0) is 12.2 Å². The van der Waals surface area contributed by atoms with E-state index in [1.54, 1.807) is 5.38 Å². The normalized spacial score (nSPS) is 9.89. The van der Waals surface area contributed by atoms with E-state index in [0.717, 1.165) is 0 Å². The number of halogens is 1. The lowest BCUT2D eigenvalue weighted by Gasteiger charge is -1.93. The quantitative estimate of drug-likeness (QED) is 0.531. The first kappa shape index (κ1) is 7.05. The van der Waals surface area contributed by atoms with Gasteiger partial charge in [0.1, 0.15) is 6.00 Å². The van der Waals surface area contributed by atoms with Crippen molar-refractivity contribution in [2.75, 3.05) is 0 Å². The second-order valence-electron chi connectivity index (χ2n) is 1.41. The number of thiazole rings is 1. The van der Waals surface area contributed by atoms with E-state index in [2.05, 4.69) is 0 Å². The average Bonchev–Trinajstić information content (AvgIpc) is 2.12. The van der Waals surface area contributed by atoms with Gasteiger partial charge in [-0.1, -0.05) is 0 Å². The Kier molecular flexibility index (Phi) is 2.10. The molecule has 0 saturated heterocycles. The molecule has 0 aliphatic heterocycles. The van der Waals surface area contributed by atoms with Crippen LogP contribution in [0.3, 0.4) is 0 Å². The van der Waals surface area contributed by atoms with E-state index in [-0.39, 0.29) is 11.9 Å². The van der Waals surface area contributed by atoms with Crippen LogP contribution in [0.5, 0.6) is 5.88 Å². The first-order valence-electron chi connectivity index (χ1n) is 2.19. The molecule has 50 valence electrons. The van der Waals surface area contributed by atoms with Gasteiger partial charge in [0, 0.05) is 0 Å². The van der Waals surface area contributed by atoms with Crippen LogP contribution in [0.25, 0.3) is 0 Å². The van der Waals surface area contributed by atoms with Crippen LogP contribution in [-0.4, -0.2) is 9.67 Å². The topological polar surface area (TPSA) is 25.2 Å². The van der Waals surface area contributed by atoms with Gasteiger partial charge < -0.3 is 5.11 Å². The summed E-state index contributed by atoms with van der Waals surface area (Å²) < 4.78 is 2.05. The van der Waals surface area contributed by atoms with E-state index in [0.29, 0.717) is 3.95 Å². The van der Waals surface area contributed by atoms with Gasteiger partial charge in [-0.3, -0.25) is 4.57 Å². The fraction of sp³-hybridized carbons (Fsp3) is 0.250. The lowest BCUT2D eigenvalue weighted by Crippen LogP contribution is -1.88. The number of rotatable bonds is 1. The Morgan fingerprint density at radius 1 is 1.89 bits per heavy atom. The molecular weight excluding hydrogens is 178 g/mol. The molecule has 0 bridgehead atoms. The van der Waals surface area contributed by atoms with Crippen molar-refractivity contribution in [1.82, 2.24) is 4.57 Å². The number of aromatic nitrogens is 1. The summed E-state index contributed by atoms with van der Waals surface area (Å²) >= 11 is 11.5. The Bertz CT molecular complexity index is 253. The maximum Gasteiger partial charge on any atom is 0.204 e. The number of aromatic hydroxyl groups is 1. The Hall–Kier alpha value is -0.0600. The molecule has 1 rings (SSSR count). The number of alkyl halides is 1. The molecule has 0 spiro atoms. The predicted molar refractivity (Wildman–Crippen MR) is 40.7 cm³/mol. The molecule has 1 aromatic rings. The predicted octanol–water partition coefficient (Wildman–Crippen LogP) is 2.18. The third-order valence-corrected chi connectivity index (χ3v) is 2.38. The third kappa shape index (κ3) is 1.26. The Labute approximate surface area is 66.3 Å². The highest BCUT2D eigenvalue weighted by molar-refractivity contribution is 7.73. The Morgan fingerprint density at radius 3 is 2.78 bits per heavy atom. The third-order valence-electron chi connectivity index (χ3n) is 0.882. The van der Waals surface area contributed by atoms with Crippen molar-refractivity contribution in [2.45, 2.75) is 6.00 Å². The summed E-state index contributed by atoms with van der Waals surface area (Å²) in [5.74, 6) is 0.139. The summed E-state index contributed by atoms with van der Waals surface area (Å²) in [5.41, 5.74) is 0. The van der Waals surface area contributed by atoms with E-state index in [1.807, 2.05) is 0 Å². The van der Waals surface area contributed by atoms with E-state index in [9.17, 15) is 0 Å². The van der Waals surface area contributed by atoms with Crippen molar-refractivity contribution in [3.05, 3.63) is 9.33 Å². The summed E-state index contributed by atoms with van der Waals surface area (Å²) in [6, 6.07) is 0.216. The van der Waals surface area contributed by atoms with Crippen molar-refractivity contribution in [3.63, 3.8) is 0 Å². The molecule has 1 aromatic heterocycles. The first-order valence-corrected chi connectivity index (χ1v) is 4.01. The molecule has 0 aliphatic carbocycles. The van der Waals surface area contributed by atoms with E-state index >= 15 is 0 Å². The highest BCUT2D eigenvalue weighted by Gasteiger charge is 1.97. The van der Waals surface area contributed by atoms with Crippen molar-refractivity contribution >= 4 is 35.2 Å². The van der Waals surface area contributed by atoms with Gasteiger partial charge in [-0.25, -0.2) is 0 Å².